The van der Waals surface area contributed by atoms with E-state index in [4.69, 9.17) is 20.8 Å². The second-order valence-electron chi connectivity index (χ2n) is 4.87. The predicted molar refractivity (Wildman–Crippen MR) is 81.8 cm³/mol. The molecule has 4 heteroatoms. The summed E-state index contributed by atoms with van der Waals surface area (Å²) < 4.78 is 10.9. The maximum Gasteiger partial charge on any atom is 0.137 e. The van der Waals surface area contributed by atoms with Crippen LogP contribution < -0.4 is 10.1 Å². The molecule has 1 unspecified atom stereocenters. The number of hydrogen-bond donors (Lipinski definition) is 1. The number of furan rings is 1. The van der Waals surface area contributed by atoms with Crippen LogP contribution in [0.5, 0.6) is 5.75 Å². The summed E-state index contributed by atoms with van der Waals surface area (Å²) in [6, 6.07) is 5.89. The Balaban J connectivity index is 2.50. The first-order valence-corrected chi connectivity index (χ1v) is 6.94. The van der Waals surface area contributed by atoms with E-state index in [9.17, 15) is 0 Å². The molecule has 0 saturated heterocycles. The quantitative estimate of drug-likeness (QED) is 0.918. The van der Waals surface area contributed by atoms with E-state index >= 15 is 0 Å². The van der Waals surface area contributed by atoms with Gasteiger partial charge in [0.2, 0.25) is 0 Å². The lowest BCUT2D eigenvalue weighted by Gasteiger charge is -2.18. The average molecular weight is 294 g/mol. The molecular formula is C16H20ClNO2. The normalized spacial score (nSPS) is 12.5. The molecule has 0 radical (unpaired) electrons. The minimum atomic E-state index is 0.0517. The molecule has 0 aliphatic heterocycles. The van der Waals surface area contributed by atoms with Gasteiger partial charge in [-0.3, -0.25) is 0 Å². The van der Waals surface area contributed by atoms with Crippen molar-refractivity contribution in [2.24, 2.45) is 0 Å². The average Bonchev–Trinajstić information content (AvgIpc) is 2.66. The van der Waals surface area contributed by atoms with Gasteiger partial charge in [0, 0.05) is 5.56 Å². The summed E-state index contributed by atoms with van der Waals surface area (Å²) in [5, 5.41) is 3.95. The number of methoxy groups -OCH3 is 1. The minimum absolute atomic E-state index is 0.0517. The molecule has 1 heterocycles. The van der Waals surface area contributed by atoms with Crippen LogP contribution in [0.4, 0.5) is 0 Å². The lowest BCUT2D eigenvalue weighted by atomic mass is 9.95. The van der Waals surface area contributed by atoms with E-state index in [-0.39, 0.29) is 6.04 Å². The summed E-state index contributed by atoms with van der Waals surface area (Å²) in [4.78, 5) is 0. The molecule has 1 N–H and O–H groups in total. The van der Waals surface area contributed by atoms with Gasteiger partial charge in [-0.15, -0.1) is 0 Å². The van der Waals surface area contributed by atoms with E-state index in [0.717, 1.165) is 17.1 Å². The van der Waals surface area contributed by atoms with Crippen molar-refractivity contribution in [3.63, 3.8) is 0 Å². The zero-order valence-electron chi connectivity index (χ0n) is 12.5. The summed E-state index contributed by atoms with van der Waals surface area (Å²) >= 11 is 6.23. The van der Waals surface area contributed by atoms with Gasteiger partial charge in [-0.1, -0.05) is 17.7 Å². The second kappa shape index (κ2) is 5.90. The highest BCUT2D eigenvalue weighted by atomic mass is 35.5. The zero-order valence-corrected chi connectivity index (χ0v) is 13.3. The Kier molecular flexibility index (Phi) is 4.41. The maximum absolute atomic E-state index is 6.23. The van der Waals surface area contributed by atoms with E-state index in [1.165, 1.54) is 11.1 Å². The highest BCUT2D eigenvalue weighted by Crippen LogP contribution is 2.34. The molecule has 0 aliphatic rings. The third-order valence-corrected chi connectivity index (χ3v) is 4.00. The van der Waals surface area contributed by atoms with Gasteiger partial charge in [-0.2, -0.15) is 0 Å². The van der Waals surface area contributed by atoms with E-state index in [1.807, 2.05) is 39.1 Å². The van der Waals surface area contributed by atoms with Gasteiger partial charge in [0.1, 0.15) is 17.3 Å². The maximum atomic E-state index is 6.23. The highest BCUT2D eigenvalue weighted by molar-refractivity contribution is 6.32. The van der Waals surface area contributed by atoms with E-state index in [1.54, 1.807) is 7.11 Å². The fraction of sp³-hybridized carbons (Fsp3) is 0.375. The third kappa shape index (κ3) is 2.56. The molecule has 2 aromatic rings. The molecule has 0 bridgehead atoms. The van der Waals surface area contributed by atoms with Crippen molar-refractivity contribution < 1.29 is 9.15 Å². The molecule has 0 amide bonds. The summed E-state index contributed by atoms with van der Waals surface area (Å²) in [6.07, 6.45) is 0. The molecule has 0 fully saturated rings. The van der Waals surface area contributed by atoms with Crippen LogP contribution >= 0.6 is 11.6 Å². The molecule has 20 heavy (non-hydrogen) atoms. The van der Waals surface area contributed by atoms with Gasteiger partial charge in [0.15, 0.2) is 0 Å². The van der Waals surface area contributed by atoms with Crippen LogP contribution in [-0.4, -0.2) is 14.2 Å². The van der Waals surface area contributed by atoms with Crippen molar-refractivity contribution in [1.29, 1.82) is 0 Å². The van der Waals surface area contributed by atoms with Gasteiger partial charge in [-0.05, 0) is 51.1 Å². The lowest BCUT2D eigenvalue weighted by molar-refractivity contribution is 0.414. The van der Waals surface area contributed by atoms with Crippen LogP contribution in [-0.2, 0) is 0 Å². The van der Waals surface area contributed by atoms with Gasteiger partial charge < -0.3 is 14.5 Å². The molecule has 0 aliphatic carbocycles. The van der Waals surface area contributed by atoms with E-state index < -0.39 is 0 Å². The first-order chi connectivity index (χ1) is 9.49. The topological polar surface area (TPSA) is 34.4 Å². The van der Waals surface area contributed by atoms with E-state index in [2.05, 4.69) is 12.2 Å². The number of nitrogens with one attached hydrogen (secondary N) is 1. The second-order valence-corrected chi connectivity index (χ2v) is 5.28. The molecule has 0 saturated carbocycles. The van der Waals surface area contributed by atoms with Gasteiger partial charge in [-0.25, -0.2) is 0 Å². The van der Waals surface area contributed by atoms with Crippen molar-refractivity contribution in [3.05, 3.63) is 51.4 Å². The van der Waals surface area contributed by atoms with Crippen LogP contribution in [0.25, 0.3) is 0 Å². The SMILES string of the molecule is CNC(c1ccc(OC)c(Cl)c1)c1c(C)oc(C)c1C. The fourth-order valence-corrected chi connectivity index (χ4v) is 2.84. The first kappa shape index (κ1) is 14.9. The van der Waals surface area contributed by atoms with Crippen molar-refractivity contribution >= 4 is 11.6 Å². The molecule has 108 valence electrons. The fourth-order valence-electron chi connectivity index (χ4n) is 2.57. The van der Waals surface area contributed by atoms with Gasteiger partial charge >= 0.3 is 0 Å². The van der Waals surface area contributed by atoms with E-state index in [0.29, 0.717) is 10.8 Å². The third-order valence-electron chi connectivity index (χ3n) is 3.70. The smallest absolute Gasteiger partial charge is 0.137 e. The number of halogens is 1. The molecule has 0 spiro atoms. The Hall–Kier alpha value is -1.45. The van der Waals surface area contributed by atoms with Crippen LogP contribution in [0.3, 0.4) is 0 Å². The van der Waals surface area contributed by atoms with Crippen molar-refractivity contribution in [2.45, 2.75) is 26.8 Å². The minimum Gasteiger partial charge on any atom is -0.495 e. The van der Waals surface area contributed by atoms with Crippen LogP contribution in [0.2, 0.25) is 5.02 Å². The number of ether oxygens (including phenoxy) is 1. The number of hydrogen-bond acceptors (Lipinski definition) is 3. The molecule has 3 nitrogen and oxygen atoms in total. The summed E-state index contributed by atoms with van der Waals surface area (Å²) in [7, 11) is 3.55. The van der Waals surface area contributed by atoms with Crippen LogP contribution in [0, 0.1) is 20.8 Å². The lowest BCUT2D eigenvalue weighted by Crippen LogP contribution is -2.19. The van der Waals surface area contributed by atoms with Crippen molar-refractivity contribution in [1.82, 2.24) is 5.32 Å². The van der Waals surface area contributed by atoms with Gasteiger partial charge in [0.05, 0.1) is 18.2 Å². The summed E-state index contributed by atoms with van der Waals surface area (Å²) in [5.74, 6) is 2.57. The van der Waals surface area contributed by atoms with Crippen LogP contribution in [0.1, 0.15) is 34.3 Å². The highest BCUT2D eigenvalue weighted by Gasteiger charge is 2.22. The molecular weight excluding hydrogens is 274 g/mol. The summed E-state index contributed by atoms with van der Waals surface area (Å²) in [5.41, 5.74) is 3.44. The van der Waals surface area contributed by atoms with Crippen LogP contribution in [0.15, 0.2) is 22.6 Å². The Bertz CT molecular complexity index is 619. The summed E-state index contributed by atoms with van der Waals surface area (Å²) in [6.45, 7) is 6.06. The number of rotatable bonds is 4. The monoisotopic (exact) mass is 293 g/mol. The Labute approximate surface area is 124 Å². The van der Waals surface area contributed by atoms with Gasteiger partial charge in [0.25, 0.3) is 0 Å². The Morgan fingerprint density at radius 1 is 1.20 bits per heavy atom. The van der Waals surface area contributed by atoms with Crippen molar-refractivity contribution in [2.75, 3.05) is 14.2 Å². The molecule has 1 atom stereocenters. The number of aryl methyl sites for hydroxylation is 2. The standard InChI is InChI=1S/C16H20ClNO2/c1-9-10(2)20-11(3)15(9)16(18-4)12-6-7-14(19-5)13(17)8-12/h6-8,16,18H,1-5H3. The Morgan fingerprint density at radius 3 is 2.35 bits per heavy atom. The molecule has 1 aromatic carbocycles. The number of benzene rings is 1. The zero-order chi connectivity index (χ0) is 14.9. The first-order valence-electron chi connectivity index (χ1n) is 6.56. The largest absolute Gasteiger partial charge is 0.495 e. The Morgan fingerprint density at radius 2 is 1.90 bits per heavy atom. The molecule has 2 rings (SSSR count). The molecule has 1 aromatic heterocycles. The predicted octanol–water partition coefficient (Wildman–Crippen LogP) is 4.18. The van der Waals surface area contributed by atoms with Crippen molar-refractivity contribution in [3.8, 4) is 5.75 Å².